The Morgan fingerprint density at radius 2 is 1.38 bits per heavy atom. The molecule has 6 heteroatoms. The first-order chi connectivity index (χ1) is 12.7. The SMILES string of the molecule is CCCCCOCC(O)COCC.CCCCCOCC1CO1.CCO. The van der Waals surface area contributed by atoms with Crippen LogP contribution in [0.4, 0.5) is 0 Å². The minimum atomic E-state index is -0.471. The van der Waals surface area contributed by atoms with E-state index in [0.717, 1.165) is 32.8 Å². The largest absolute Gasteiger partial charge is 0.397 e. The van der Waals surface area contributed by atoms with E-state index in [4.69, 9.17) is 24.1 Å². The van der Waals surface area contributed by atoms with Gasteiger partial charge in [0.25, 0.3) is 0 Å². The molecule has 0 saturated carbocycles. The second kappa shape index (κ2) is 24.8. The van der Waals surface area contributed by atoms with Gasteiger partial charge in [-0.05, 0) is 26.7 Å². The zero-order valence-corrected chi connectivity index (χ0v) is 17.6. The molecule has 0 aromatic carbocycles. The maximum absolute atomic E-state index is 9.29. The molecule has 0 bridgehead atoms. The lowest BCUT2D eigenvalue weighted by atomic mass is 10.3. The molecule has 2 N–H and O–H groups in total. The molecule has 2 unspecified atom stereocenters. The third-order valence-electron chi connectivity index (χ3n) is 3.32. The molecule has 6 nitrogen and oxygen atoms in total. The van der Waals surface area contributed by atoms with Crippen molar-refractivity contribution in [3.05, 3.63) is 0 Å². The molecule has 0 aromatic heterocycles. The van der Waals surface area contributed by atoms with Crippen LogP contribution in [-0.2, 0) is 18.9 Å². The van der Waals surface area contributed by atoms with E-state index in [1.165, 1.54) is 32.1 Å². The fourth-order valence-electron chi connectivity index (χ4n) is 1.81. The normalized spacial score (nSPS) is 16.2. The number of epoxide rings is 1. The van der Waals surface area contributed by atoms with E-state index in [1.807, 2.05) is 6.92 Å². The van der Waals surface area contributed by atoms with E-state index in [9.17, 15) is 5.11 Å². The van der Waals surface area contributed by atoms with Gasteiger partial charge in [-0.25, -0.2) is 0 Å². The summed E-state index contributed by atoms with van der Waals surface area (Å²) >= 11 is 0. The monoisotopic (exact) mass is 380 g/mol. The quantitative estimate of drug-likeness (QED) is 0.335. The fraction of sp³-hybridized carbons (Fsp3) is 1.00. The van der Waals surface area contributed by atoms with Gasteiger partial charge < -0.3 is 29.2 Å². The van der Waals surface area contributed by atoms with Crippen LogP contribution in [0.1, 0.15) is 66.2 Å². The van der Waals surface area contributed by atoms with E-state index in [-0.39, 0.29) is 6.61 Å². The van der Waals surface area contributed by atoms with Crippen LogP contribution in [0.3, 0.4) is 0 Å². The van der Waals surface area contributed by atoms with Crippen LogP contribution in [0.15, 0.2) is 0 Å². The number of aliphatic hydroxyl groups is 2. The summed E-state index contributed by atoms with van der Waals surface area (Å²) in [6.45, 7) is 13.0. The molecule has 1 fully saturated rings. The molecular weight excluding hydrogens is 336 g/mol. The van der Waals surface area contributed by atoms with Crippen molar-refractivity contribution >= 4 is 0 Å². The van der Waals surface area contributed by atoms with Crippen LogP contribution in [0.2, 0.25) is 0 Å². The predicted octanol–water partition coefficient (Wildman–Crippen LogP) is 3.18. The maximum atomic E-state index is 9.29. The van der Waals surface area contributed by atoms with Crippen LogP contribution in [0.25, 0.3) is 0 Å². The number of ether oxygens (including phenoxy) is 4. The maximum Gasteiger partial charge on any atom is 0.104 e. The fourth-order valence-corrected chi connectivity index (χ4v) is 1.81. The molecule has 0 amide bonds. The van der Waals surface area contributed by atoms with Crippen molar-refractivity contribution in [2.24, 2.45) is 0 Å². The summed E-state index contributed by atoms with van der Waals surface area (Å²) in [7, 11) is 0. The smallest absolute Gasteiger partial charge is 0.104 e. The van der Waals surface area contributed by atoms with Crippen molar-refractivity contribution in [2.45, 2.75) is 78.4 Å². The van der Waals surface area contributed by atoms with Gasteiger partial charge in [0, 0.05) is 26.4 Å². The molecule has 26 heavy (non-hydrogen) atoms. The first-order valence-corrected chi connectivity index (χ1v) is 10.3. The summed E-state index contributed by atoms with van der Waals surface area (Å²) in [6.07, 6.45) is 7.19. The van der Waals surface area contributed by atoms with Crippen LogP contribution in [0.5, 0.6) is 0 Å². The highest BCUT2D eigenvalue weighted by atomic mass is 16.6. The first-order valence-electron chi connectivity index (χ1n) is 10.3. The van der Waals surface area contributed by atoms with Crippen molar-refractivity contribution in [3.8, 4) is 0 Å². The van der Waals surface area contributed by atoms with Crippen molar-refractivity contribution < 1.29 is 29.2 Å². The van der Waals surface area contributed by atoms with Gasteiger partial charge in [0.2, 0.25) is 0 Å². The van der Waals surface area contributed by atoms with E-state index in [2.05, 4.69) is 13.8 Å². The van der Waals surface area contributed by atoms with Crippen molar-refractivity contribution in [2.75, 3.05) is 52.9 Å². The molecule has 0 radical (unpaired) electrons. The van der Waals surface area contributed by atoms with Crippen molar-refractivity contribution in [3.63, 3.8) is 0 Å². The summed E-state index contributed by atoms with van der Waals surface area (Å²) in [4.78, 5) is 0. The van der Waals surface area contributed by atoms with E-state index in [0.29, 0.717) is 25.9 Å². The molecule has 0 spiro atoms. The molecule has 0 aromatic rings. The summed E-state index contributed by atoms with van der Waals surface area (Å²) in [5, 5.41) is 16.9. The minimum Gasteiger partial charge on any atom is -0.397 e. The average molecular weight is 381 g/mol. The van der Waals surface area contributed by atoms with Gasteiger partial charge >= 0.3 is 0 Å². The van der Waals surface area contributed by atoms with Crippen LogP contribution in [0, 0.1) is 0 Å². The summed E-state index contributed by atoms with van der Waals surface area (Å²) in [5.74, 6) is 0. The third kappa shape index (κ3) is 28.6. The van der Waals surface area contributed by atoms with Crippen LogP contribution >= 0.6 is 0 Å². The predicted molar refractivity (Wildman–Crippen MR) is 106 cm³/mol. The van der Waals surface area contributed by atoms with Gasteiger partial charge in [-0.1, -0.05) is 39.5 Å². The van der Waals surface area contributed by atoms with Gasteiger partial charge in [-0.3, -0.25) is 0 Å². The van der Waals surface area contributed by atoms with E-state index >= 15 is 0 Å². The van der Waals surface area contributed by atoms with Gasteiger partial charge in [-0.2, -0.15) is 0 Å². The number of unbranched alkanes of at least 4 members (excludes halogenated alkanes) is 4. The number of hydrogen-bond donors (Lipinski definition) is 2. The molecule has 1 rings (SSSR count). The van der Waals surface area contributed by atoms with Crippen LogP contribution < -0.4 is 0 Å². The Bertz CT molecular complexity index is 236. The molecule has 1 heterocycles. The highest BCUT2D eigenvalue weighted by Crippen LogP contribution is 2.08. The zero-order chi connectivity index (χ0) is 19.9. The molecular formula is C20H44O6. The Labute approximate surface area is 161 Å². The topological polar surface area (TPSA) is 80.7 Å². The van der Waals surface area contributed by atoms with Gasteiger partial charge in [0.05, 0.1) is 26.4 Å². The summed E-state index contributed by atoms with van der Waals surface area (Å²) in [6, 6.07) is 0. The number of rotatable bonds is 15. The zero-order valence-electron chi connectivity index (χ0n) is 17.6. The Balaban J connectivity index is 0. The lowest BCUT2D eigenvalue weighted by Crippen LogP contribution is -2.21. The molecule has 160 valence electrons. The summed E-state index contributed by atoms with van der Waals surface area (Å²) < 4.78 is 20.6. The lowest BCUT2D eigenvalue weighted by Gasteiger charge is -2.10. The second-order valence-corrected chi connectivity index (χ2v) is 6.15. The third-order valence-corrected chi connectivity index (χ3v) is 3.32. The molecule has 2 atom stereocenters. The molecule has 1 aliphatic heterocycles. The summed E-state index contributed by atoms with van der Waals surface area (Å²) in [5.41, 5.74) is 0. The van der Waals surface area contributed by atoms with Crippen molar-refractivity contribution in [1.82, 2.24) is 0 Å². The molecule has 1 saturated heterocycles. The Kier molecular flexibility index (Phi) is 26.6. The number of hydrogen-bond acceptors (Lipinski definition) is 6. The first kappa shape index (κ1) is 28.0. The second-order valence-electron chi connectivity index (χ2n) is 6.15. The average Bonchev–Trinajstić information content (AvgIpc) is 3.45. The van der Waals surface area contributed by atoms with Crippen molar-refractivity contribution in [1.29, 1.82) is 0 Å². The standard InChI is InChI=1S/C10H22O3.C8H16O2.C2H6O/c1-3-5-6-7-13-9-10(11)8-12-4-2;1-2-3-4-5-9-6-8-7-10-8;1-2-3/h10-11H,3-9H2,1-2H3;8H,2-7H2,1H3;3H,2H2,1H3. The van der Waals surface area contributed by atoms with Gasteiger partial charge in [0.1, 0.15) is 12.2 Å². The highest BCUT2D eigenvalue weighted by molar-refractivity contribution is 4.66. The molecule has 1 aliphatic rings. The van der Waals surface area contributed by atoms with Crippen LogP contribution in [-0.4, -0.2) is 75.3 Å². The van der Waals surface area contributed by atoms with Gasteiger partial charge in [0.15, 0.2) is 0 Å². The Morgan fingerprint density at radius 1 is 0.885 bits per heavy atom. The lowest BCUT2D eigenvalue weighted by molar-refractivity contribution is -0.0167. The van der Waals surface area contributed by atoms with E-state index in [1.54, 1.807) is 6.92 Å². The Hall–Kier alpha value is -0.240. The number of aliphatic hydroxyl groups excluding tert-OH is 2. The highest BCUT2D eigenvalue weighted by Gasteiger charge is 2.21. The van der Waals surface area contributed by atoms with Gasteiger partial charge in [-0.15, -0.1) is 0 Å². The minimum absolute atomic E-state index is 0.250. The molecule has 0 aliphatic carbocycles. The Morgan fingerprint density at radius 3 is 1.85 bits per heavy atom. The van der Waals surface area contributed by atoms with E-state index < -0.39 is 6.10 Å².